The molecule has 0 aliphatic heterocycles. The highest BCUT2D eigenvalue weighted by atomic mass is 79.9. The predicted molar refractivity (Wildman–Crippen MR) is 77.1 cm³/mol. The fourth-order valence-corrected chi connectivity index (χ4v) is 9.91. The van der Waals surface area contributed by atoms with Crippen LogP contribution < -0.4 is 0 Å². The van der Waals surface area contributed by atoms with Crippen LogP contribution in [-0.4, -0.2) is 25.0 Å². The Labute approximate surface area is 127 Å². The van der Waals surface area contributed by atoms with Crippen molar-refractivity contribution in [2.24, 2.45) is 5.92 Å². The van der Waals surface area contributed by atoms with Crippen LogP contribution in [0.1, 0.15) is 39.0 Å². The zero-order chi connectivity index (χ0) is 12.5. The number of ether oxygens (including phenoxy) is 1. The van der Waals surface area contributed by atoms with Crippen molar-refractivity contribution in [2.45, 2.75) is 58.1 Å². The molecule has 0 aromatic carbocycles. The molecular weight excluding hydrogens is 416 g/mol. The molecule has 4 aliphatic carbocycles. The predicted octanol–water partition coefficient (Wildman–Crippen LogP) is 3.93. The number of halogens is 3. The number of rotatable bonds is 1. The Balaban J connectivity index is 1.99. The van der Waals surface area contributed by atoms with E-state index in [4.69, 9.17) is 4.74 Å². The molecule has 0 N–H and O–H groups in total. The van der Waals surface area contributed by atoms with E-state index >= 15 is 0 Å². The lowest BCUT2D eigenvalue weighted by Crippen LogP contribution is -2.69. The van der Waals surface area contributed by atoms with E-state index in [0.29, 0.717) is 0 Å². The molecule has 4 saturated carbocycles. The van der Waals surface area contributed by atoms with Gasteiger partial charge in [0.15, 0.2) is 0 Å². The van der Waals surface area contributed by atoms with Gasteiger partial charge in [0.1, 0.15) is 6.10 Å². The van der Waals surface area contributed by atoms with E-state index in [-0.39, 0.29) is 25.0 Å². The second-order valence-corrected chi connectivity index (χ2v) is 10.9. The van der Waals surface area contributed by atoms with Crippen LogP contribution in [0.2, 0.25) is 0 Å². The summed E-state index contributed by atoms with van der Waals surface area (Å²) in [6.45, 7) is 1.50. The molecule has 0 heterocycles. The summed E-state index contributed by atoms with van der Waals surface area (Å²) in [4.78, 5) is 11.3. The number of carbonyl (C=O) groups excluding carboxylic acids is 1. The van der Waals surface area contributed by atoms with Crippen molar-refractivity contribution < 1.29 is 9.53 Å². The molecular formula is C12H15Br3O2. The minimum absolute atomic E-state index is 0.0466. The molecule has 17 heavy (non-hydrogen) atoms. The summed E-state index contributed by atoms with van der Waals surface area (Å²) in [5.41, 5.74) is 0. The van der Waals surface area contributed by atoms with Gasteiger partial charge in [-0.15, -0.1) is 0 Å². The molecule has 4 fully saturated rings. The van der Waals surface area contributed by atoms with Crippen molar-refractivity contribution in [2.75, 3.05) is 0 Å². The standard InChI is InChI=1S/C12H15Br3O2/c1-7(16)17-9-11(14)3-8-2-10(13,5-11)6-12(9,15)4-8/h8-9H,2-6H2,1H3. The second-order valence-electron chi connectivity index (χ2n) is 6.04. The lowest BCUT2D eigenvalue weighted by Gasteiger charge is -2.64. The van der Waals surface area contributed by atoms with Gasteiger partial charge in [-0.2, -0.15) is 0 Å². The average molecular weight is 431 g/mol. The highest BCUT2D eigenvalue weighted by molar-refractivity contribution is 9.11. The van der Waals surface area contributed by atoms with Crippen LogP contribution in [-0.2, 0) is 9.53 Å². The summed E-state index contributed by atoms with van der Waals surface area (Å²) in [5, 5.41) is 0. The van der Waals surface area contributed by atoms with E-state index in [0.717, 1.165) is 31.6 Å². The Morgan fingerprint density at radius 3 is 2.06 bits per heavy atom. The van der Waals surface area contributed by atoms with Gasteiger partial charge in [0.05, 0.1) is 8.65 Å². The van der Waals surface area contributed by atoms with Gasteiger partial charge in [-0.25, -0.2) is 0 Å². The highest BCUT2D eigenvalue weighted by Crippen LogP contribution is 2.68. The summed E-state index contributed by atoms with van der Waals surface area (Å²) >= 11 is 11.7. The summed E-state index contributed by atoms with van der Waals surface area (Å²) in [5.74, 6) is 0.547. The summed E-state index contributed by atoms with van der Waals surface area (Å²) in [7, 11) is 0. The van der Waals surface area contributed by atoms with Crippen LogP contribution in [0, 0.1) is 5.92 Å². The minimum Gasteiger partial charge on any atom is -0.460 e. The van der Waals surface area contributed by atoms with Crippen molar-refractivity contribution >= 4 is 53.8 Å². The van der Waals surface area contributed by atoms with Gasteiger partial charge in [0, 0.05) is 11.2 Å². The smallest absolute Gasteiger partial charge is 0.302 e. The largest absolute Gasteiger partial charge is 0.460 e. The zero-order valence-corrected chi connectivity index (χ0v) is 14.4. The molecule has 0 spiro atoms. The third kappa shape index (κ3) is 1.95. The molecule has 4 aliphatic rings. The molecule has 2 atom stereocenters. The van der Waals surface area contributed by atoms with Crippen molar-refractivity contribution in [1.82, 2.24) is 0 Å². The van der Waals surface area contributed by atoms with Crippen molar-refractivity contribution in [3.63, 3.8) is 0 Å². The zero-order valence-electron chi connectivity index (χ0n) is 9.64. The SMILES string of the molecule is CC(=O)OC1C2(Br)CC3CC(Br)(C2)CC1(Br)C3. The van der Waals surface area contributed by atoms with Gasteiger partial charge in [-0.3, -0.25) is 4.79 Å². The first kappa shape index (κ1) is 12.9. The quantitative estimate of drug-likeness (QED) is 0.465. The third-order valence-corrected chi connectivity index (χ3v) is 7.28. The molecule has 96 valence electrons. The number of esters is 1. The van der Waals surface area contributed by atoms with E-state index < -0.39 is 0 Å². The maximum Gasteiger partial charge on any atom is 0.302 e. The van der Waals surface area contributed by atoms with Gasteiger partial charge in [-0.1, -0.05) is 47.8 Å². The summed E-state index contributed by atoms with van der Waals surface area (Å²) in [6, 6.07) is 0. The summed E-state index contributed by atoms with van der Waals surface area (Å²) < 4.78 is 5.74. The molecule has 2 nitrogen and oxygen atoms in total. The van der Waals surface area contributed by atoms with E-state index in [1.165, 1.54) is 13.3 Å². The minimum atomic E-state index is -0.177. The Bertz CT molecular complexity index is 364. The summed E-state index contributed by atoms with van der Waals surface area (Å²) in [6.07, 6.45) is 5.52. The maximum atomic E-state index is 11.3. The Morgan fingerprint density at radius 2 is 1.65 bits per heavy atom. The van der Waals surface area contributed by atoms with Crippen LogP contribution in [0.4, 0.5) is 0 Å². The fourth-order valence-electron chi connectivity index (χ4n) is 4.34. The van der Waals surface area contributed by atoms with E-state index in [1.54, 1.807) is 0 Å². The lowest BCUT2D eigenvalue weighted by molar-refractivity contribution is -0.157. The average Bonchev–Trinajstić information content (AvgIpc) is 2.06. The number of hydrogen-bond acceptors (Lipinski definition) is 2. The topological polar surface area (TPSA) is 26.3 Å². The number of hydrogen-bond donors (Lipinski definition) is 0. The highest BCUT2D eigenvalue weighted by Gasteiger charge is 2.68. The van der Waals surface area contributed by atoms with Gasteiger partial charge >= 0.3 is 5.97 Å². The molecule has 0 aromatic rings. The first-order valence-corrected chi connectivity index (χ1v) is 8.37. The number of carbonyl (C=O) groups is 1. The first-order chi connectivity index (χ1) is 7.75. The Kier molecular flexibility index (Phi) is 2.83. The molecule has 0 aromatic heterocycles. The molecule has 0 saturated heterocycles. The molecule has 5 heteroatoms. The fraction of sp³-hybridized carbons (Fsp3) is 0.917. The molecule has 2 unspecified atom stereocenters. The van der Waals surface area contributed by atoms with Crippen LogP contribution in [0.3, 0.4) is 0 Å². The van der Waals surface area contributed by atoms with Gasteiger partial charge in [0.2, 0.25) is 0 Å². The molecule has 0 radical (unpaired) electrons. The lowest BCUT2D eigenvalue weighted by atomic mass is 9.54. The monoisotopic (exact) mass is 428 g/mol. The van der Waals surface area contributed by atoms with Crippen LogP contribution in [0.25, 0.3) is 0 Å². The van der Waals surface area contributed by atoms with E-state index in [1.807, 2.05) is 0 Å². The van der Waals surface area contributed by atoms with Crippen LogP contribution in [0.15, 0.2) is 0 Å². The van der Waals surface area contributed by atoms with Gasteiger partial charge in [-0.05, 0) is 38.0 Å². The van der Waals surface area contributed by atoms with E-state index in [2.05, 4.69) is 47.8 Å². The molecule has 4 bridgehead atoms. The Morgan fingerprint density at radius 1 is 1.12 bits per heavy atom. The van der Waals surface area contributed by atoms with Gasteiger partial charge in [0.25, 0.3) is 0 Å². The van der Waals surface area contributed by atoms with Crippen LogP contribution >= 0.6 is 47.8 Å². The second kappa shape index (κ2) is 3.72. The van der Waals surface area contributed by atoms with E-state index in [9.17, 15) is 4.79 Å². The van der Waals surface area contributed by atoms with Crippen molar-refractivity contribution in [3.05, 3.63) is 0 Å². The first-order valence-electron chi connectivity index (χ1n) is 5.99. The third-order valence-electron chi connectivity index (χ3n) is 4.36. The number of alkyl halides is 3. The molecule has 4 rings (SSSR count). The molecule has 0 amide bonds. The van der Waals surface area contributed by atoms with Crippen molar-refractivity contribution in [1.29, 1.82) is 0 Å². The van der Waals surface area contributed by atoms with Gasteiger partial charge < -0.3 is 4.74 Å². The van der Waals surface area contributed by atoms with Crippen LogP contribution in [0.5, 0.6) is 0 Å². The maximum absolute atomic E-state index is 11.3. The van der Waals surface area contributed by atoms with Crippen molar-refractivity contribution in [3.8, 4) is 0 Å². The normalized spacial score (nSPS) is 56.0. The Hall–Kier alpha value is 0.910.